The van der Waals surface area contributed by atoms with Crippen LogP contribution in [0.4, 0.5) is 0 Å². The maximum Gasteiger partial charge on any atom is 0.243 e. The molecule has 0 radical (unpaired) electrons. The number of nitrogens with one attached hydrogen (secondary N) is 1. The number of para-hydroxylation sites is 1. The van der Waals surface area contributed by atoms with Crippen LogP contribution in [0.2, 0.25) is 0 Å². The standard InChI is InChI=1S/C14H15N3O/c1-2-14(18)15-9-8-12-10-16-17(11-12)13-6-4-3-5-7-13/h2-7,10-11H,1,8-9H2,(H,15,18). The summed E-state index contributed by atoms with van der Waals surface area (Å²) in [5.41, 5.74) is 2.11. The molecule has 0 aliphatic heterocycles. The second kappa shape index (κ2) is 5.82. The van der Waals surface area contributed by atoms with Crippen molar-refractivity contribution in [3.05, 3.63) is 60.9 Å². The normalized spacial score (nSPS) is 10.0. The van der Waals surface area contributed by atoms with Crippen molar-refractivity contribution in [3.63, 3.8) is 0 Å². The highest BCUT2D eigenvalue weighted by Gasteiger charge is 2.01. The lowest BCUT2D eigenvalue weighted by Gasteiger charge is -2.00. The number of carbonyl (C=O) groups is 1. The molecule has 0 aliphatic carbocycles. The Morgan fingerprint density at radius 1 is 1.39 bits per heavy atom. The van der Waals surface area contributed by atoms with Crippen molar-refractivity contribution in [2.45, 2.75) is 6.42 Å². The lowest BCUT2D eigenvalue weighted by molar-refractivity contribution is -0.116. The molecule has 0 spiro atoms. The molecule has 2 aromatic rings. The Bertz CT molecular complexity index is 531. The van der Waals surface area contributed by atoms with Gasteiger partial charge in [0.1, 0.15) is 0 Å². The molecule has 1 N–H and O–H groups in total. The van der Waals surface area contributed by atoms with Crippen molar-refractivity contribution in [2.24, 2.45) is 0 Å². The average Bonchev–Trinajstić information content (AvgIpc) is 2.88. The summed E-state index contributed by atoms with van der Waals surface area (Å²) in [4.78, 5) is 11.0. The maximum atomic E-state index is 11.0. The van der Waals surface area contributed by atoms with Crippen molar-refractivity contribution in [1.29, 1.82) is 0 Å². The van der Waals surface area contributed by atoms with E-state index in [4.69, 9.17) is 0 Å². The predicted molar refractivity (Wildman–Crippen MR) is 70.5 cm³/mol. The third-order valence-electron chi connectivity index (χ3n) is 2.56. The monoisotopic (exact) mass is 241 g/mol. The molecule has 4 heteroatoms. The minimum Gasteiger partial charge on any atom is -0.352 e. The van der Waals surface area contributed by atoms with Gasteiger partial charge in [0.25, 0.3) is 0 Å². The van der Waals surface area contributed by atoms with Crippen LogP contribution in [0.25, 0.3) is 5.69 Å². The fourth-order valence-corrected chi connectivity index (χ4v) is 1.61. The van der Waals surface area contributed by atoms with Gasteiger partial charge in [0, 0.05) is 12.7 Å². The van der Waals surface area contributed by atoms with Gasteiger partial charge in [0.15, 0.2) is 0 Å². The van der Waals surface area contributed by atoms with Gasteiger partial charge in [-0.2, -0.15) is 5.10 Å². The van der Waals surface area contributed by atoms with Gasteiger partial charge in [-0.05, 0) is 30.2 Å². The van der Waals surface area contributed by atoms with Gasteiger partial charge in [-0.3, -0.25) is 4.79 Å². The Morgan fingerprint density at radius 2 is 2.17 bits per heavy atom. The van der Waals surface area contributed by atoms with Crippen molar-refractivity contribution in [1.82, 2.24) is 15.1 Å². The molecular formula is C14H15N3O. The van der Waals surface area contributed by atoms with E-state index in [1.807, 2.05) is 47.4 Å². The average molecular weight is 241 g/mol. The largest absolute Gasteiger partial charge is 0.352 e. The smallest absolute Gasteiger partial charge is 0.243 e. The Hall–Kier alpha value is -2.36. The lowest BCUT2D eigenvalue weighted by Crippen LogP contribution is -2.23. The predicted octanol–water partition coefficient (Wildman–Crippen LogP) is 1.72. The van der Waals surface area contributed by atoms with Crippen molar-refractivity contribution in [2.75, 3.05) is 6.54 Å². The van der Waals surface area contributed by atoms with Gasteiger partial charge in [0.2, 0.25) is 5.91 Å². The van der Waals surface area contributed by atoms with Crippen LogP contribution >= 0.6 is 0 Å². The van der Waals surface area contributed by atoms with E-state index in [1.54, 1.807) is 0 Å². The molecule has 18 heavy (non-hydrogen) atoms. The molecule has 2 rings (SSSR count). The molecule has 0 bridgehead atoms. The number of hydrogen-bond donors (Lipinski definition) is 1. The molecule has 1 heterocycles. The third kappa shape index (κ3) is 3.07. The van der Waals surface area contributed by atoms with Crippen molar-refractivity contribution >= 4 is 5.91 Å². The Labute approximate surface area is 106 Å². The highest BCUT2D eigenvalue weighted by atomic mass is 16.1. The zero-order valence-corrected chi connectivity index (χ0v) is 10.0. The van der Waals surface area contributed by atoms with Crippen LogP contribution in [0.1, 0.15) is 5.56 Å². The minimum atomic E-state index is -0.148. The number of benzene rings is 1. The van der Waals surface area contributed by atoms with Gasteiger partial charge >= 0.3 is 0 Å². The quantitative estimate of drug-likeness (QED) is 0.810. The molecule has 4 nitrogen and oxygen atoms in total. The SMILES string of the molecule is C=CC(=O)NCCc1cnn(-c2ccccc2)c1. The van der Waals surface area contributed by atoms with Crippen LogP contribution in [0, 0.1) is 0 Å². The van der Waals surface area contributed by atoms with Crippen LogP contribution in [-0.4, -0.2) is 22.2 Å². The minimum absolute atomic E-state index is 0.148. The summed E-state index contributed by atoms with van der Waals surface area (Å²) < 4.78 is 1.82. The summed E-state index contributed by atoms with van der Waals surface area (Å²) in [6.45, 7) is 3.99. The number of aromatic nitrogens is 2. The van der Waals surface area contributed by atoms with E-state index in [1.165, 1.54) is 6.08 Å². The van der Waals surface area contributed by atoms with Gasteiger partial charge < -0.3 is 5.32 Å². The highest BCUT2D eigenvalue weighted by molar-refractivity contribution is 5.86. The van der Waals surface area contributed by atoms with Crippen molar-refractivity contribution in [3.8, 4) is 5.69 Å². The van der Waals surface area contributed by atoms with E-state index >= 15 is 0 Å². The molecule has 0 saturated heterocycles. The summed E-state index contributed by atoms with van der Waals surface area (Å²) in [6, 6.07) is 9.91. The first-order valence-electron chi connectivity index (χ1n) is 5.79. The van der Waals surface area contributed by atoms with E-state index < -0.39 is 0 Å². The van der Waals surface area contributed by atoms with Gasteiger partial charge in [-0.15, -0.1) is 0 Å². The first-order chi connectivity index (χ1) is 8.79. The fourth-order valence-electron chi connectivity index (χ4n) is 1.61. The molecule has 1 aromatic carbocycles. The molecular weight excluding hydrogens is 226 g/mol. The first-order valence-corrected chi connectivity index (χ1v) is 5.79. The number of rotatable bonds is 5. The summed E-state index contributed by atoms with van der Waals surface area (Å²) in [7, 11) is 0. The van der Waals surface area contributed by atoms with E-state index in [0.717, 1.165) is 17.7 Å². The van der Waals surface area contributed by atoms with Crippen LogP contribution in [0.3, 0.4) is 0 Å². The molecule has 0 saturated carbocycles. The van der Waals surface area contributed by atoms with Gasteiger partial charge in [-0.1, -0.05) is 24.8 Å². The molecule has 92 valence electrons. The lowest BCUT2D eigenvalue weighted by atomic mass is 10.2. The first kappa shape index (κ1) is 12.1. The Balaban J connectivity index is 1.95. The van der Waals surface area contributed by atoms with E-state index in [9.17, 15) is 4.79 Å². The topological polar surface area (TPSA) is 46.9 Å². The van der Waals surface area contributed by atoms with Crippen LogP contribution in [0.15, 0.2) is 55.4 Å². The van der Waals surface area contributed by atoms with E-state index in [0.29, 0.717) is 6.54 Å². The highest BCUT2D eigenvalue weighted by Crippen LogP contribution is 2.07. The van der Waals surface area contributed by atoms with E-state index in [-0.39, 0.29) is 5.91 Å². The number of amides is 1. The van der Waals surface area contributed by atoms with Gasteiger partial charge in [-0.25, -0.2) is 4.68 Å². The molecule has 0 fully saturated rings. The Kier molecular flexibility index (Phi) is 3.91. The molecule has 0 aliphatic rings. The number of hydrogen-bond acceptors (Lipinski definition) is 2. The summed E-state index contributed by atoms with van der Waals surface area (Å²) in [6.07, 6.45) is 5.81. The van der Waals surface area contributed by atoms with E-state index in [2.05, 4.69) is 17.0 Å². The molecule has 0 unspecified atom stereocenters. The second-order valence-corrected chi connectivity index (χ2v) is 3.87. The summed E-state index contributed by atoms with van der Waals surface area (Å²) >= 11 is 0. The summed E-state index contributed by atoms with van der Waals surface area (Å²) in [5.74, 6) is -0.148. The maximum absolute atomic E-state index is 11.0. The number of carbonyl (C=O) groups excluding carboxylic acids is 1. The van der Waals surface area contributed by atoms with Crippen LogP contribution in [-0.2, 0) is 11.2 Å². The molecule has 1 amide bonds. The summed E-state index contributed by atoms with van der Waals surface area (Å²) in [5, 5.41) is 7.02. The second-order valence-electron chi connectivity index (χ2n) is 3.87. The van der Waals surface area contributed by atoms with Crippen LogP contribution in [0.5, 0.6) is 0 Å². The fraction of sp³-hybridized carbons (Fsp3) is 0.143. The molecule has 1 aromatic heterocycles. The molecule has 0 atom stereocenters. The number of nitrogens with zero attached hydrogens (tertiary/aromatic N) is 2. The van der Waals surface area contributed by atoms with Crippen molar-refractivity contribution < 1.29 is 4.79 Å². The zero-order chi connectivity index (χ0) is 12.8. The third-order valence-corrected chi connectivity index (χ3v) is 2.56. The zero-order valence-electron chi connectivity index (χ0n) is 10.0. The van der Waals surface area contributed by atoms with Crippen LogP contribution < -0.4 is 5.32 Å². The van der Waals surface area contributed by atoms with Gasteiger partial charge in [0.05, 0.1) is 11.9 Å². The Morgan fingerprint density at radius 3 is 2.89 bits per heavy atom.